The Kier molecular flexibility index (Phi) is 5.78. The molecule has 4 heteroatoms. The highest BCUT2D eigenvalue weighted by Crippen LogP contribution is 2.11. The molecule has 0 N–H and O–H groups in total. The van der Waals surface area contributed by atoms with E-state index in [-0.39, 0.29) is 13.2 Å². The lowest BCUT2D eigenvalue weighted by molar-refractivity contribution is 0.0470. The van der Waals surface area contributed by atoms with Crippen LogP contribution in [-0.2, 0) is 22.7 Å². The Morgan fingerprint density at radius 1 is 0.577 bits per heavy atom. The van der Waals surface area contributed by atoms with Crippen molar-refractivity contribution in [1.29, 1.82) is 0 Å². The second-order valence-electron chi connectivity index (χ2n) is 5.70. The van der Waals surface area contributed by atoms with Gasteiger partial charge in [0.05, 0.1) is 11.1 Å². The fourth-order valence-corrected chi connectivity index (χ4v) is 2.39. The number of hydrogen-bond acceptors (Lipinski definition) is 4. The number of ether oxygens (including phenoxy) is 2. The van der Waals surface area contributed by atoms with Crippen LogP contribution in [-0.4, -0.2) is 11.9 Å². The van der Waals surface area contributed by atoms with Gasteiger partial charge in [-0.2, -0.15) is 0 Å². The van der Waals surface area contributed by atoms with Gasteiger partial charge in [-0.3, -0.25) is 0 Å². The minimum Gasteiger partial charge on any atom is -0.457 e. The molecule has 0 aliphatic carbocycles. The van der Waals surface area contributed by atoms with Gasteiger partial charge >= 0.3 is 11.9 Å². The Labute approximate surface area is 152 Å². The zero-order valence-electron chi connectivity index (χ0n) is 14.1. The van der Waals surface area contributed by atoms with Crippen LogP contribution < -0.4 is 0 Å². The molecule has 26 heavy (non-hydrogen) atoms. The normalized spacial score (nSPS) is 10.2. The maximum absolute atomic E-state index is 12.2. The third kappa shape index (κ3) is 4.80. The third-order valence-corrected chi connectivity index (χ3v) is 3.76. The fourth-order valence-electron chi connectivity index (χ4n) is 2.39. The van der Waals surface area contributed by atoms with E-state index < -0.39 is 11.9 Å². The summed E-state index contributed by atoms with van der Waals surface area (Å²) < 4.78 is 10.6. The molecular formula is C22H18O4. The van der Waals surface area contributed by atoms with E-state index in [0.717, 1.165) is 11.1 Å². The second kappa shape index (κ2) is 8.62. The molecule has 0 spiro atoms. The molecule has 0 saturated carbocycles. The van der Waals surface area contributed by atoms with Crippen molar-refractivity contribution in [1.82, 2.24) is 0 Å². The first-order chi connectivity index (χ1) is 12.7. The zero-order chi connectivity index (χ0) is 18.2. The van der Waals surface area contributed by atoms with Gasteiger partial charge < -0.3 is 9.47 Å². The average Bonchev–Trinajstić information content (AvgIpc) is 2.72. The molecule has 0 aromatic heterocycles. The van der Waals surface area contributed by atoms with Gasteiger partial charge in [0, 0.05) is 0 Å². The van der Waals surface area contributed by atoms with Crippen LogP contribution in [0.2, 0.25) is 0 Å². The van der Waals surface area contributed by atoms with Gasteiger partial charge in [0.2, 0.25) is 0 Å². The molecule has 0 radical (unpaired) electrons. The van der Waals surface area contributed by atoms with Crippen molar-refractivity contribution in [2.45, 2.75) is 13.2 Å². The molecule has 0 aliphatic heterocycles. The first kappa shape index (κ1) is 17.4. The maximum atomic E-state index is 12.2. The molecule has 3 aromatic rings. The summed E-state index contributed by atoms with van der Waals surface area (Å²) in [6.45, 7) is 0.366. The van der Waals surface area contributed by atoms with Gasteiger partial charge in [0.25, 0.3) is 0 Å². The van der Waals surface area contributed by atoms with Gasteiger partial charge in [-0.05, 0) is 29.3 Å². The summed E-state index contributed by atoms with van der Waals surface area (Å²) in [5.74, 6) is -0.960. The summed E-state index contributed by atoms with van der Waals surface area (Å²) in [4.78, 5) is 24.4. The van der Waals surface area contributed by atoms with Crippen LogP contribution in [0.15, 0.2) is 84.9 Å². The van der Waals surface area contributed by atoms with Crippen molar-refractivity contribution in [2.24, 2.45) is 0 Å². The Morgan fingerprint density at radius 2 is 1.00 bits per heavy atom. The fraction of sp³-hybridized carbons (Fsp3) is 0.0909. The Morgan fingerprint density at radius 3 is 1.42 bits per heavy atom. The molecule has 0 atom stereocenters. The van der Waals surface area contributed by atoms with Gasteiger partial charge in [-0.25, -0.2) is 9.59 Å². The summed E-state index contributed by atoms with van der Waals surface area (Å²) in [6, 6.07) is 25.2. The van der Waals surface area contributed by atoms with Crippen LogP contribution >= 0.6 is 0 Å². The number of esters is 2. The van der Waals surface area contributed by atoms with Crippen molar-refractivity contribution < 1.29 is 19.1 Å². The van der Waals surface area contributed by atoms with Gasteiger partial charge in [0.15, 0.2) is 0 Å². The molecule has 0 fully saturated rings. The monoisotopic (exact) mass is 346 g/mol. The van der Waals surface area contributed by atoms with Gasteiger partial charge in [-0.1, -0.05) is 66.7 Å². The number of hydrogen-bond donors (Lipinski definition) is 0. The van der Waals surface area contributed by atoms with E-state index in [4.69, 9.17) is 9.47 Å². The van der Waals surface area contributed by atoms with E-state index in [2.05, 4.69) is 0 Å². The first-order valence-electron chi connectivity index (χ1n) is 8.24. The number of benzene rings is 3. The van der Waals surface area contributed by atoms with Crippen LogP contribution in [0.3, 0.4) is 0 Å². The highest BCUT2D eigenvalue weighted by Gasteiger charge is 2.13. The SMILES string of the molecule is O=C(OCc1ccccc1)c1cccc(C(=O)OCc2ccccc2)c1. The lowest BCUT2D eigenvalue weighted by atomic mass is 10.1. The lowest BCUT2D eigenvalue weighted by Crippen LogP contribution is -2.09. The molecule has 0 aliphatic rings. The highest BCUT2D eigenvalue weighted by molar-refractivity contribution is 5.95. The molecule has 0 heterocycles. The minimum atomic E-state index is -0.480. The summed E-state index contributed by atoms with van der Waals surface area (Å²) in [5, 5.41) is 0. The molecule has 0 unspecified atom stereocenters. The van der Waals surface area contributed by atoms with Crippen molar-refractivity contribution >= 4 is 11.9 Å². The molecule has 0 amide bonds. The van der Waals surface area contributed by atoms with Crippen LogP contribution in [0.5, 0.6) is 0 Å². The molecular weight excluding hydrogens is 328 g/mol. The second-order valence-corrected chi connectivity index (χ2v) is 5.70. The van der Waals surface area contributed by atoms with Crippen molar-refractivity contribution in [3.63, 3.8) is 0 Å². The lowest BCUT2D eigenvalue weighted by Gasteiger charge is -2.07. The Bertz CT molecular complexity index is 802. The van der Waals surface area contributed by atoms with E-state index in [1.165, 1.54) is 6.07 Å². The van der Waals surface area contributed by atoms with Crippen LogP contribution in [0.25, 0.3) is 0 Å². The van der Waals surface area contributed by atoms with Crippen molar-refractivity contribution in [2.75, 3.05) is 0 Å². The smallest absolute Gasteiger partial charge is 0.338 e. The number of rotatable bonds is 6. The molecule has 0 bridgehead atoms. The van der Waals surface area contributed by atoms with E-state index in [9.17, 15) is 9.59 Å². The van der Waals surface area contributed by atoms with E-state index in [0.29, 0.717) is 11.1 Å². The largest absolute Gasteiger partial charge is 0.457 e. The zero-order valence-corrected chi connectivity index (χ0v) is 14.1. The summed E-state index contributed by atoms with van der Waals surface area (Å²) >= 11 is 0. The molecule has 4 nitrogen and oxygen atoms in total. The van der Waals surface area contributed by atoms with Crippen LogP contribution in [0.1, 0.15) is 31.8 Å². The van der Waals surface area contributed by atoms with Gasteiger partial charge in [-0.15, -0.1) is 0 Å². The summed E-state index contributed by atoms with van der Waals surface area (Å²) in [5.41, 5.74) is 2.43. The molecule has 3 aromatic carbocycles. The number of carbonyl (C=O) groups is 2. The molecule has 3 rings (SSSR count). The highest BCUT2D eigenvalue weighted by atomic mass is 16.5. The predicted octanol–water partition coefficient (Wildman–Crippen LogP) is 4.40. The predicted molar refractivity (Wildman–Crippen MR) is 97.6 cm³/mol. The summed E-state index contributed by atoms with van der Waals surface area (Å²) in [7, 11) is 0. The summed E-state index contributed by atoms with van der Waals surface area (Å²) in [6.07, 6.45) is 0. The standard InChI is InChI=1S/C22H18O4/c23-21(25-15-17-8-3-1-4-9-17)19-12-7-13-20(14-19)22(24)26-16-18-10-5-2-6-11-18/h1-14H,15-16H2. The quantitative estimate of drug-likeness (QED) is 0.621. The van der Waals surface area contributed by atoms with E-state index in [1.807, 2.05) is 60.7 Å². The third-order valence-electron chi connectivity index (χ3n) is 3.76. The van der Waals surface area contributed by atoms with E-state index >= 15 is 0 Å². The van der Waals surface area contributed by atoms with Crippen molar-refractivity contribution in [3.8, 4) is 0 Å². The van der Waals surface area contributed by atoms with Gasteiger partial charge in [0.1, 0.15) is 13.2 Å². The number of carbonyl (C=O) groups excluding carboxylic acids is 2. The molecule has 130 valence electrons. The topological polar surface area (TPSA) is 52.6 Å². The Hall–Kier alpha value is -3.40. The average molecular weight is 346 g/mol. The van der Waals surface area contributed by atoms with Crippen molar-refractivity contribution in [3.05, 3.63) is 107 Å². The Balaban J connectivity index is 1.60. The molecule has 0 saturated heterocycles. The van der Waals surface area contributed by atoms with Crippen LogP contribution in [0, 0.1) is 0 Å². The van der Waals surface area contributed by atoms with Crippen LogP contribution in [0.4, 0.5) is 0 Å². The first-order valence-corrected chi connectivity index (χ1v) is 8.24. The maximum Gasteiger partial charge on any atom is 0.338 e. The van der Waals surface area contributed by atoms with E-state index in [1.54, 1.807) is 18.2 Å². The minimum absolute atomic E-state index is 0.183.